The summed E-state index contributed by atoms with van der Waals surface area (Å²) >= 11 is 0. The number of halogens is 1. The molecule has 1 rings (SSSR count). The van der Waals surface area contributed by atoms with Crippen LogP contribution in [0.2, 0.25) is 0 Å². The molecule has 0 amide bonds. The predicted molar refractivity (Wildman–Crippen MR) is 33.7 cm³/mol. The monoisotopic (exact) mass is 161 g/mol. The molecule has 11 heavy (non-hydrogen) atoms. The lowest BCUT2D eigenvalue weighted by Gasteiger charge is -2.08. The van der Waals surface area contributed by atoms with E-state index in [2.05, 4.69) is 15.9 Å². The third-order valence-corrected chi connectivity index (χ3v) is 1.37. The SMILES string of the molecule is O=CC1[NH+]=NNN1CCCF. The molecule has 0 fully saturated rings. The summed E-state index contributed by atoms with van der Waals surface area (Å²) in [5, 5.41) is 7.59. The number of alkyl halides is 1. The molecule has 1 unspecified atom stereocenters. The molecule has 62 valence electrons. The van der Waals surface area contributed by atoms with Crippen molar-refractivity contribution in [2.75, 3.05) is 13.2 Å². The molecule has 0 aliphatic carbocycles. The standard InChI is InChI=1S/C5H9FN4O/c6-2-1-3-10-5(4-11)7-8-9-10/h4-5H,1-3H2,(H,7,9)/p+1. The second-order valence-electron chi connectivity index (χ2n) is 2.16. The molecule has 0 aromatic carbocycles. The van der Waals surface area contributed by atoms with Crippen LogP contribution in [0.1, 0.15) is 6.42 Å². The van der Waals surface area contributed by atoms with Crippen LogP contribution in [0.4, 0.5) is 4.39 Å². The van der Waals surface area contributed by atoms with Gasteiger partial charge in [-0.3, -0.25) is 9.18 Å². The minimum Gasteiger partial charge on any atom is -0.297 e. The van der Waals surface area contributed by atoms with Crippen LogP contribution in [0.3, 0.4) is 0 Å². The number of hydrogen-bond acceptors (Lipinski definition) is 4. The molecule has 6 heteroatoms. The first-order chi connectivity index (χ1) is 5.38. The Hall–Kier alpha value is -1.04. The maximum Gasteiger partial charge on any atom is 0.259 e. The van der Waals surface area contributed by atoms with Gasteiger partial charge in [-0.15, -0.1) is 0 Å². The Kier molecular flexibility index (Phi) is 2.91. The van der Waals surface area contributed by atoms with Crippen molar-refractivity contribution in [2.24, 2.45) is 5.22 Å². The zero-order chi connectivity index (χ0) is 8.10. The Morgan fingerprint density at radius 1 is 1.82 bits per heavy atom. The van der Waals surface area contributed by atoms with Crippen molar-refractivity contribution in [2.45, 2.75) is 12.6 Å². The van der Waals surface area contributed by atoms with Gasteiger partial charge < -0.3 is 0 Å². The second kappa shape index (κ2) is 3.97. The maximum atomic E-state index is 11.7. The lowest BCUT2D eigenvalue weighted by atomic mass is 10.4. The smallest absolute Gasteiger partial charge is 0.259 e. The summed E-state index contributed by atoms with van der Waals surface area (Å²) < 4.78 is 11.7. The van der Waals surface area contributed by atoms with Gasteiger partial charge in [-0.1, -0.05) is 10.5 Å². The molecule has 1 heterocycles. The van der Waals surface area contributed by atoms with Gasteiger partial charge in [-0.25, -0.2) is 0 Å². The van der Waals surface area contributed by atoms with E-state index in [1.165, 1.54) is 5.01 Å². The van der Waals surface area contributed by atoms with Gasteiger partial charge in [-0.05, 0) is 6.42 Å². The van der Waals surface area contributed by atoms with E-state index in [0.717, 1.165) is 0 Å². The third-order valence-electron chi connectivity index (χ3n) is 1.37. The number of rotatable bonds is 4. The fourth-order valence-electron chi connectivity index (χ4n) is 0.814. The lowest BCUT2D eigenvalue weighted by molar-refractivity contribution is -0.555. The summed E-state index contributed by atoms with van der Waals surface area (Å²) in [6, 6.07) is 0. The van der Waals surface area contributed by atoms with Gasteiger partial charge in [0.2, 0.25) is 0 Å². The Morgan fingerprint density at radius 2 is 2.64 bits per heavy atom. The molecule has 1 aliphatic heterocycles. The number of aldehydes is 1. The van der Waals surface area contributed by atoms with Gasteiger partial charge in [-0.2, -0.15) is 5.11 Å². The van der Waals surface area contributed by atoms with Crippen molar-refractivity contribution in [1.29, 1.82) is 0 Å². The summed E-state index contributed by atoms with van der Waals surface area (Å²) in [5.74, 6) is 0. The Labute approximate surface area is 63.2 Å². The van der Waals surface area contributed by atoms with Gasteiger partial charge in [0, 0.05) is 6.54 Å². The van der Waals surface area contributed by atoms with Gasteiger partial charge in [0.05, 0.1) is 11.9 Å². The van der Waals surface area contributed by atoms with E-state index in [1.807, 2.05) is 0 Å². The largest absolute Gasteiger partial charge is 0.297 e. The van der Waals surface area contributed by atoms with Crippen LogP contribution in [0, 0.1) is 0 Å². The molecular weight excluding hydrogens is 151 g/mol. The minimum absolute atomic E-state index is 0.385. The molecule has 0 radical (unpaired) electrons. The van der Waals surface area contributed by atoms with Crippen molar-refractivity contribution in [3.63, 3.8) is 0 Å². The molecule has 2 N–H and O–H groups in total. The lowest BCUT2D eigenvalue weighted by Crippen LogP contribution is -2.75. The van der Waals surface area contributed by atoms with Gasteiger partial charge in [0.1, 0.15) is 0 Å². The summed E-state index contributed by atoms with van der Waals surface area (Å²) in [7, 11) is 0. The van der Waals surface area contributed by atoms with Crippen LogP contribution >= 0.6 is 0 Å². The normalized spacial score (nSPS) is 23.5. The minimum atomic E-state index is -0.457. The zero-order valence-corrected chi connectivity index (χ0v) is 5.96. The number of nitrogens with zero attached hydrogens (tertiary/aromatic N) is 2. The van der Waals surface area contributed by atoms with Crippen LogP contribution in [-0.4, -0.2) is 30.7 Å². The average molecular weight is 161 g/mol. The van der Waals surface area contributed by atoms with Crippen molar-refractivity contribution >= 4 is 6.29 Å². The number of carbonyl (C=O) groups is 1. The molecule has 0 aromatic heterocycles. The molecule has 0 bridgehead atoms. The number of carbonyl (C=O) groups excluding carboxylic acids is 1. The van der Waals surface area contributed by atoms with E-state index in [1.54, 1.807) is 0 Å². The second-order valence-corrected chi connectivity index (χ2v) is 2.16. The highest BCUT2D eigenvalue weighted by Crippen LogP contribution is 1.91. The van der Waals surface area contributed by atoms with Gasteiger partial charge >= 0.3 is 0 Å². The Balaban J connectivity index is 2.29. The first kappa shape index (κ1) is 8.06. The molecular formula is C5H10FN4O+. The van der Waals surface area contributed by atoms with E-state index in [0.29, 0.717) is 19.3 Å². The van der Waals surface area contributed by atoms with E-state index in [4.69, 9.17) is 0 Å². The highest BCUT2D eigenvalue weighted by Gasteiger charge is 2.26. The van der Waals surface area contributed by atoms with Crippen molar-refractivity contribution in [3.8, 4) is 0 Å². The van der Waals surface area contributed by atoms with Gasteiger partial charge in [0.15, 0.2) is 6.29 Å². The van der Waals surface area contributed by atoms with E-state index >= 15 is 0 Å². The highest BCUT2D eigenvalue weighted by molar-refractivity contribution is 5.54. The first-order valence-electron chi connectivity index (χ1n) is 3.37. The van der Waals surface area contributed by atoms with Crippen LogP contribution in [0.5, 0.6) is 0 Å². The topological polar surface area (TPSA) is 58.7 Å². The van der Waals surface area contributed by atoms with Crippen LogP contribution in [-0.2, 0) is 4.79 Å². The molecule has 0 saturated carbocycles. The van der Waals surface area contributed by atoms with Crippen LogP contribution in [0.25, 0.3) is 0 Å². The Morgan fingerprint density at radius 3 is 3.27 bits per heavy atom. The quantitative estimate of drug-likeness (QED) is 0.475. The van der Waals surface area contributed by atoms with Crippen molar-refractivity contribution < 1.29 is 14.3 Å². The fourth-order valence-corrected chi connectivity index (χ4v) is 0.814. The third kappa shape index (κ3) is 1.94. The summed E-state index contributed by atoms with van der Waals surface area (Å²) in [6.07, 6.45) is 0.651. The van der Waals surface area contributed by atoms with E-state index < -0.39 is 6.17 Å². The zero-order valence-electron chi connectivity index (χ0n) is 5.96. The number of hydrogen-bond donors (Lipinski definition) is 2. The summed E-state index contributed by atoms with van der Waals surface area (Å²) in [4.78, 5) is 10.3. The van der Waals surface area contributed by atoms with E-state index in [9.17, 15) is 9.18 Å². The summed E-state index contributed by atoms with van der Waals surface area (Å²) in [6.45, 7) is 0.0835. The van der Waals surface area contributed by atoms with E-state index in [-0.39, 0.29) is 6.67 Å². The average Bonchev–Trinajstić information content (AvgIpc) is 2.47. The van der Waals surface area contributed by atoms with Gasteiger partial charge in [0.25, 0.3) is 6.17 Å². The fraction of sp³-hybridized carbons (Fsp3) is 0.800. The first-order valence-corrected chi connectivity index (χ1v) is 3.37. The van der Waals surface area contributed by atoms with Crippen LogP contribution < -0.4 is 10.6 Å². The molecule has 1 atom stereocenters. The highest BCUT2D eigenvalue weighted by atomic mass is 19.1. The summed E-state index contributed by atoms with van der Waals surface area (Å²) in [5.41, 5.74) is 2.54. The molecule has 0 spiro atoms. The molecule has 0 saturated heterocycles. The molecule has 0 aromatic rings. The van der Waals surface area contributed by atoms with Crippen LogP contribution in [0.15, 0.2) is 5.22 Å². The molecule has 1 aliphatic rings. The Bertz CT molecular complexity index is 163. The van der Waals surface area contributed by atoms with Crippen molar-refractivity contribution in [3.05, 3.63) is 0 Å². The van der Waals surface area contributed by atoms with Crippen molar-refractivity contribution in [1.82, 2.24) is 10.5 Å². The molecule has 5 nitrogen and oxygen atoms in total. The predicted octanol–water partition coefficient (Wildman–Crippen LogP) is -1.86. The maximum absolute atomic E-state index is 11.7. The number of hydrazine groups is 1. The number of nitrogens with one attached hydrogen (secondary N) is 2.